The molecule has 1 aliphatic rings. The van der Waals surface area contributed by atoms with E-state index in [1.807, 2.05) is 6.92 Å². The molecule has 4 heteroatoms. The Hall–Kier alpha value is -1.55. The molecule has 70 valence electrons. The van der Waals surface area contributed by atoms with E-state index in [1.54, 1.807) is 6.08 Å². The summed E-state index contributed by atoms with van der Waals surface area (Å²) in [5.74, 6) is 4.75. The molecule has 0 aromatic heterocycles. The Bertz CT molecular complexity index is 316. The van der Waals surface area contributed by atoms with E-state index in [2.05, 4.69) is 6.58 Å². The first-order valence-electron chi connectivity index (χ1n) is 3.94. The molecule has 0 amide bonds. The van der Waals surface area contributed by atoms with Crippen molar-refractivity contribution in [3.63, 3.8) is 0 Å². The lowest BCUT2D eigenvalue weighted by Crippen LogP contribution is -2.35. The second-order valence-corrected chi connectivity index (χ2v) is 2.75. The number of hydrogen-bond donors (Lipinski definition) is 2. The standard InChI is InChI=1S/C9H12N2O2/c1-3-11(10)7-4-6(2)5-8(12)9(7)13/h4-5,12H,2-3,10H2,1H3. The maximum atomic E-state index is 11.3. The molecule has 1 rings (SSSR count). The number of aliphatic hydroxyl groups excluding tert-OH is 1. The van der Waals surface area contributed by atoms with E-state index < -0.39 is 5.78 Å². The summed E-state index contributed by atoms with van der Waals surface area (Å²) in [6.07, 6.45) is 2.86. The summed E-state index contributed by atoms with van der Waals surface area (Å²) in [7, 11) is 0. The Morgan fingerprint density at radius 2 is 2.23 bits per heavy atom. The van der Waals surface area contributed by atoms with Crippen LogP contribution in [-0.2, 0) is 4.79 Å². The average molecular weight is 180 g/mol. The van der Waals surface area contributed by atoms with Gasteiger partial charge in [0.1, 0.15) is 5.70 Å². The smallest absolute Gasteiger partial charge is 0.244 e. The number of nitrogens with two attached hydrogens (primary N) is 1. The fourth-order valence-corrected chi connectivity index (χ4v) is 1.04. The van der Waals surface area contributed by atoms with Crippen molar-refractivity contribution in [2.75, 3.05) is 6.54 Å². The third kappa shape index (κ3) is 1.78. The molecular formula is C9H12N2O2. The van der Waals surface area contributed by atoms with E-state index in [-0.39, 0.29) is 11.5 Å². The molecule has 0 aromatic carbocycles. The number of carbonyl (C=O) groups excluding carboxylic acids is 1. The van der Waals surface area contributed by atoms with Crippen LogP contribution in [0.3, 0.4) is 0 Å². The van der Waals surface area contributed by atoms with Gasteiger partial charge in [-0.3, -0.25) is 4.79 Å². The van der Waals surface area contributed by atoms with Gasteiger partial charge in [-0.25, -0.2) is 5.84 Å². The first kappa shape index (κ1) is 9.54. The molecule has 0 bridgehead atoms. The molecule has 0 spiro atoms. The molecule has 1 aliphatic carbocycles. The molecular weight excluding hydrogens is 168 g/mol. The zero-order chi connectivity index (χ0) is 10.0. The normalized spacial score (nSPS) is 16.8. The molecule has 0 aliphatic heterocycles. The highest BCUT2D eigenvalue weighted by molar-refractivity contribution is 6.08. The Morgan fingerprint density at radius 1 is 1.62 bits per heavy atom. The van der Waals surface area contributed by atoms with E-state index in [4.69, 9.17) is 5.84 Å². The van der Waals surface area contributed by atoms with E-state index in [9.17, 15) is 9.90 Å². The Balaban J connectivity index is 2.98. The molecule has 0 saturated carbocycles. The van der Waals surface area contributed by atoms with Crippen LogP contribution in [0.2, 0.25) is 0 Å². The molecule has 0 heterocycles. The number of Topliss-reactive ketones (excluding diaryl/α,β-unsaturated/α-hetero) is 1. The highest BCUT2D eigenvalue weighted by atomic mass is 16.3. The zero-order valence-electron chi connectivity index (χ0n) is 7.45. The Labute approximate surface area is 76.6 Å². The second-order valence-electron chi connectivity index (χ2n) is 2.75. The minimum atomic E-state index is -0.461. The van der Waals surface area contributed by atoms with Crippen LogP contribution in [0.5, 0.6) is 0 Å². The summed E-state index contributed by atoms with van der Waals surface area (Å²) in [4.78, 5) is 11.3. The van der Waals surface area contributed by atoms with Gasteiger partial charge in [-0.05, 0) is 24.6 Å². The van der Waals surface area contributed by atoms with E-state index >= 15 is 0 Å². The summed E-state index contributed by atoms with van der Waals surface area (Å²) in [5.41, 5.74) is 0.837. The fraction of sp³-hybridized carbons (Fsp3) is 0.222. The van der Waals surface area contributed by atoms with Crippen molar-refractivity contribution in [1.82, 2.24) is 5.01 Å². The minimum Gasteiger partial charge on any atom is -0.504 e. The van der Waals surface area contributed by atoms with E-state index in [1.165, 1.54) is 11.1 Å². The molecule has 0 unspecified atom stereocenters. The van der Waals surface area contributed by atoms with Gasteiger partial charge in [-0.2, -0.15) is 0 Å². The molecule has 0 radical (unpaired) electrons. The minimum absolute atomic E-state index is 0.271. The molecule has 3 N–H and O–H groups in total. The van der Waals surface area contributed by atoms with Gasteiger partial charge < -0.3 is 10.1 Å². The molecule has 13 heavy (non-hydrogen) atoms. The number of hydrazine groups is 1. The number of rotatable bonds is 2. The van der Waals surface area contributed by atoms with Crippen molar-refractivity contribution in [1.29, 1.82) is 0 Å². The van der Waals surface area contributed by atoms with Gasteiger partial charge in [0.15, 0.2) is 5.76 Å². The number of likely N-dealkylation sites (N-methyl/N-ethyl adjacent to an activating group) is 1. The van der Waals surface area contributed by atoms with Crippen LogP contribution in [0.4, 0.5) is 0 Å². The number of allylic oxidation sites excluding steroid dienone is 3. The molecule has 0 atom stereocenters. The van der Waals surface area contributed by atoms with Crippen molar-refractivity contribution in [2.24, 2.45) is 5.84 Å². The van der Waals surface area contributed by atoms with Crippen molar-refractivity contribution in [3.8, 4) is 0 Å². The average Bonchev–Trinajstić information content (AvgIpc) is 2.10. The van der Waals surface area contributed by atoms with Crippen molar-refractivity contribution in [2.45, 2.75) is 6.92 Å². The monoisotopic (exact) mass is 180 g/mol. The van der Waals surface area contributed by atoms with Crippen LogP contribution in [-0.4, -0.2) is 22.4 Å². The summed E-state index contributed by atoms with van der Waals surface area (Å²) >= 11 is 0. The van der Waals surface area contributed by atoms with Gasteiger partial charge in [0.25, 0.3) is 0 Å². The Kier molecular flexibility index (Phi) is 2.53. The quantitative estimate of drug-likeness (QED) is 0.483. The van der Waals surface area contributed by atoms with E-state index in [0.29, 0.717) is 12.1 Å². The number of carbonyl (C=O) groups is 1. The van der Waals surface area contributed by atoms with Crippen LogP contribution in [0.25, 0.3) is 0 Å². The SMILES string of the molecule is C=C1C=C(O)C(=O)C(N(N)CC)=C1. The lowest BCUT2D eigenvalue weighted by atomic mass is 10.1. The van der Waals surface area contributed by atoms with Gasteiger partial charge >= 0.3 is 0 Å². The Morgan fingerprint density at radius 3 is 2.77 bits per heavy atom. The fourth-order valence-electron chi connectivity index (χ4n) is 1.04. The third-order valence-corrected chi connectivity index (χ3v) is 1.76. The highest BCUT2D eigenvalue weighted by Crippen LogP contribution is 2.16. The molecule has 4 nitrogen and oxygen atoms in total. The number of aliphatic hydroxyl groups is 1. The van der Waals surface area contributed by atoms with Gasteiger partial charge in [-0.15, -0.1) is 0 Å². The predicted molar refractivity (Wildman–Crippen MR) is 49.5 cm³/mol. The summed E-state index contributed by atoms with van der Waals surface area (Å²) in [5, 5.41) is 10.5. The van der Waals surface area contributed by atoms with Crippen LogP contribution in [0.15, 0.2) is 35.8 Å². The first-order chi connectivity index (χ1) is 6.06. The van der Waals surface area contributed by atoms with Gasteiger partial charge in [0.2, 0.25) is 5.78 Å². The maximum Gasteiger partial charge on any atom is 0.244 e. The second kappa shape index (κ2) is 3.45. The van der Waals surface area contributed by atoms with Crippen molar-refractivity contribution >= 4 is 5.78 Å². The summed E-state index contributed by atoms with van der Waals surface area (Å²) in [6, 6.07) is 0. The molecule has 0 aromatic rings. The largest absolute Gasteiger partial charge is 0.504 e. The number of hydrogen-bond acceptors (Lipinski definition) is 4. The topological polar surface area (TPSA) is 66.6 Å². The molecule has 0 saturated heterocycles. The van der Waals surface area contributed by atoms with Gasteiger partial charge in [0.05, 0.1) is 0 Å². The van der Waals surface area contributed by atoms with Crippen molar-refractivity contribution in [3.05, 3.63) is 35.8 Å². The summed E-state index contributed by atoms with van der Waals surface area (Å²) < 4.78 is 0. The maximum absolute atomic E-state index is 11.3. The lowest BCUT2D eigenvalue weighted by molar-refractivity contribution is -0.116. The third-order valence-electron chi connectivity index (χ3n) is 1.76. The lowest BCUT2D eigenvalue weighted by Gasteiger charge is -2.21. The number of nitrogens with zero attached hydrogens (tertiary/aromatic N) is 1. The van der Waals surface area contributed by atoms with Crippen LogP contribution >= 0.6 is 0 Å². The van der Waals surface area contributed by atoms with Crippen LogP contribution in [0.1, 0.15) is 6.92 Å². The van der Waals surface area contributed by atoms with Crippen LogP contribution in [0, 0.1) is 0 Å². The van der Waals surface area contributed by atoms with Gasteiger partial charge in [-0.1, -0.05) is 6.58 Å². The number of ketones is 1. The highest BCUT2D eigenvalue weighted by Gasteiger charge is 2.21. The van der Waals surface area contributed by atoms with Gasteiger partial charge in [0, 0.05) is 6.54 Å². The summed E-state index contributed by atoms with van der Waals surface area (Å²) in [6.45, 7) is 5.93. The predicted octanol–water partition coefficient (Wildman–Crippen LogP) is 0.647. The van der Waals surface area contributed by atoms with E-state index in [0.717, 1.165) is 0 Å². The van der Waals surface area contributed by atoms with Crippen molar-refractivity contribution < 1.29 is 9.90 Å². The molecule has 0 fully saturated rings. The van der Waals surface area contributed by atoms with Crippen LogP contribution < -0.4 is 5.84 Å². The first-order valence-corrected chi connectivity index (χ1v) is 3.94. The zero-order valence-corrected chi connectivity index (χ0v) is 7.45.